The van der Waals surface area contributed by atoms with E-state index in [1.54, 1.807) is 26.8 Å². The van der Waals surface area contributed by atoms with Gasteiger partial charge in [0.25, 0.3) is 0 Å². The molecule has 14 heteroatoms. The molecule has 0 aromatic heterocycles. The minimum absolute atomic E-state index is 0.0565. The number of carbonyl (C=O) groups excluding carboxylic acids is 5. The third-order valence-corrected chi connectivity index (χ3v) is 11.9. The van der Waals surface area contributed by atoms with Crippen LogP contribution in [0.3, 0.4) is 0 Å². The fourth-order valence-corrected chi connectivity index (χ4v) is 8.47. The molecule has 2 aliphatic carbocycles. The highest BCUT2D eigenvalue weighted by molar-refractivity contribution is 5.88. The van der Waals surface area contributed by atoms with Crippen LogP contribution < -0.4 is 0 Å². The lowest BCUT2D eigenvalue weighted by Gasteiger charge is -2.41. The van der Waals surface area contributed by atoms with E-state index in [-0.39, 0.29) is 29.6 Å². The van der Waals surface area contributed by atoms with Crippen LogP contribution in [0.2, 0.25) is 0 Å². The van der Waals surface area contributed by atoms with E-state index in [0.29, 0.717) is 24.9 Å². The van der Waals surface area contributed by atoms with Crippen molar-refractivity contribution in [2.45, 2.75) is 154 Å². The predicted molar refractivity (Wildman–Crippen MR) is 219 cm³/mol. The Morgan fingerprint density at radius 3 is 2.10 bits per heavy atom. The van der Waals surface area contributed by atoms with Crippen molar-refractivity contribution >= 4 is 41.2 Å². The van der Waals surface area contributed by atoms with Crippen LogP contribution in [-0.4, -0.2) is 81.3 Å². The topological polar surface area (TPSA) is 197 Å². The molecule has 2 aromatic carbocycles. The van der Waals surface area contributed by atoms with Crippen LogP contribution in [0, 0.1) is 5.92 Å². The Bertz CT molecular complexity index is 1990. The van der Waals surface area contributed by atoms with E-state index in [4.69, 9.17) is 23.7 Å². The lowest BCUT2D eigenvalue weighted by molar-refractivity contribution is -0.212. The molecular formula is C46H58N2O12. The third kappa shape index (κ3) is 9.87. The summed E-state index contributed by atoms with van der Waals surface area (Å²) in [5.41, 5.74) is -4.07. The van der Waals surface area contributed by atoms with Gasteiger partial charge in [-0.15, -0.1) is 0 Å². The van der Waals surface area contributed by atoms with Gasteiger partial charge in [-0.2, -0.15) is 10.2 Å². The Kier molecular flexibility index (Phi) is 14.9. The molecule has 0 amide bonds. The van der Waals surface area contributed by atoms with Crippen molar-refractivity contribution in [3.8, 4) is 0 Å². The number of fused-ring (bicyclic) bond motifs is 3. The van der Waals surface area contributed by atoms with Crippen LogP contribution in [0.25, 0.3) is 0 Å². The maximum absolute atomic E-state index is 13.7. The highest BCUT2D eigenvalue weighted by Gasteiger charge is 2.76. The monoisotopic (exact) mass is 830 g/mol. The maximum atomic E-state index is 13.7. The first-order chi connectivity index (χ1) is 28.5. The van der Waals surface area contributed by atoms with Crippen LogP contribution in [0.15, 0.2) is 87.6 Å². The quantitative estimate of drug-likeness (QED) is 0.0397. The molecule has 324 valence electrons. The molecule has 0 bridgehead atoms. The van der Waals surface area contributed by atoms with Crippen molar-refractivity contribution in [1.29, 1.82) is 0 Å². The summed E-state index contributed by atoms with van der Waals surface area (Å²) in [6.07, 6.45) is 0.236. The van der Waals surface area contributed by atoms with Gasteiger partial charge in [0.15, 0.2) is 29.5 Å². The van der Waals surface area contributed by atoms with Gasteiger partial charge in [0.2, 0.25) is 0 Å². The largest absolute Gasteiger partial charge is 0.459 e. The van der Waals surface area contributed by atoms with Crippen molar-refractivity contribution in [2.75, 3.05) is 0 Å². The minimum Gasteiger partial charge on any atom is -0.459 e. The Morgan fingerprint density at radius 2 is 1.47 bits per heavy atom. The molecule has 5 rings (SSSR count). The number of ether oxygens (including phenoxy) is 5. The summed E-state index contributed by atoms with van der Waals surface area (Å²) in [5, 5.41) is 33.0. The normalized spacial score (nSPS) is 28.7. The van der Waals surface area contributed by atoms with Gasteiger partial charge in [-0.3, -0.25) is 14.4 Å². The van der Waals surface area contributed by atoms with E-state index in [0.717, 1.165) is 43.9 Å². The summed E-state index contributed by atoms with van der Waals surface area (Å²) in [6.45, 7) is 10.7. The molecular weight excluding hydrogens is 773 g/mol. The zero-order valence-electron chi connectivity index (χ0n) is 35.6. The van der Waals surface area contributed by atoms with E-state index in [9.17, 15) is 34.2 Å². The molecule has 60 heavy (non-hydrogen) atoms. The first-order valence-electron chi connectivity index (χ1n) is 20.8. The zero-order valence-corrected chi connectivity index (χ0v) is 35.6. The Morgan fingerprint density at radius 1 is 0.850 bits per heavy atom. The van der Waals surface area contributed by atoms with Crippen molar-refractivity contribution in [3.63, 3.8) is 0 Å². The molecule has 2 fully saturated rings. The fourth-order valence-electron chi connectivity index (χ4n) is 8.47. The second-order valence-corrected chi connectivity index (χ2v) is 16.4. The number of aliphatic hydroxyl groups is 2. The van der Waals surface area contributed by atoms with Gasteiger partial charge >= 0.3 is 29.8 Å². The molecule has 1 heterocycles. The van der Waals surface area contributed by atoms with Crippen molar-refractivity contribution in [3.05, 3.63) is 83.0 Å². The van der Waals surface area contributed by atoms with Gasteiger partial charge in [0.05, 0.1) is 17.3 Å². The number of carbonyl (C=O) groups is 5. The highest BCUT2D eigenvalue weighted by atomic mass is 16.6. The summed E-state index contributed by atoms with van der Waals surface area (Å²) < 4.78 is 30.0. The van der Waals surface area contributed by atoms with Crippen molar-refractivity contribution in [1.82, 2.24) is 0 Å². The molecule has 0 unspecified atom stereocenters. The molecule has 1 aliphatic heterocycles. The number of rotatable bonds is 17. The number of aryl methyl sites for hydroxylation is 1. The van der Waals surface area contributed by atoms with Gasteiger partial charge in [-0.25, -0.2) is 9.59 Å². The maximum Gasteiger partial charge on any atom is 0.341 e. The van der Waals surface area contributed by atoms with Crippen LogP contribution >= 0.6 is 0 Å². The third-order valence-electron chi connectivity index (χ3n) is 11.9. The second-order valence-electron chi connectivity index (χ2n) is 16.4. The van der Waals surface area contributed by atoms with Crippen molar-refractivity contribution < 1.29 is 57.9 Å². The van der Waals surface area contributed by atoms with Gasteiger partial charge in [0, 0.05) is 31.8 Å². The number of esters is 5. The average molecular weight is 831 g/mol. The summed E-state index contributed by atoms with van der Waals surface area (Å²) in [7, 11) is 0. The number of azo groups is 1. The van der Waals surface area contributed by atoms with Crippen LogP contribution in [-0.2, 0) is 54.1 Å². The number of allylic oxidation sites excluding steroid dienone is 1. The number of nitrogens with zero attached hydrogens (tertiary/aromatic N) is 2. The molecule has 3 aliphatic rings. The summed E-state index contributed by atoms with van der Waals surface area (Å²) in [6, 6.07) is 16.7. The van der Waals surface area contributed by atoms with E-state index in [1.807, 2.05) is 54.6 Å². The predicted octanol–water partition coefficient (Wildman–Crippen LogP) is 7.57. The van der Waals surface area contributed by atoms with Crippen LogP contribution in [0.5, 0.6) is 0 Å². The molecule has 2 aromatic rings. The molecule has 8 atom stereocenters. The highest BCUT2D eigenvalue weighted by Crippen LogP contribution is 2.57. The average Bonchev–Trinajstić information content (AvgIpc) is 3.54. The Labute approximate surface area is 351 Å². The van der Waals surface area contributed by atoms with Gasteiger partial charge < -0.3 is 33.9 Å². The molecule has 2 N–H and O–H groups in total. The van der Waals surface area contributed by atoms with E-state index in [1.165, 1.54) is 13.8 Å². The molecule has 1 saturated carbocycles. The van der Waals surface area contributed by atoms with Gasteiger partial charge in [-0.1, -0.05) is 69.0 Å². The lowest BCUT2D eigenvalue weighted by atomic mass is 9.75. The van der Waals surface area contributed by atoms with Gasteiger partial charge in [0.1, 0.15) is 11.7 Å². The first-order valence-corrected chi connectivity index (χ1v) is 20.8. The zero-order chi connectivity index (χ0) is 43.8. The van der Waals surface area contributed by atoms with E-state index >= 15 is 0 Å². The molecule has 14 nitrogen and oxygen atoms in total. The summed E-state index contributed by atoms with van der Waals surface area (Å²) >= 11 is 0. The lowest BCUT2D eigenvalue weighted by Crippen LogP contribution is -2.64. The van der Waals surface area contributed by atoms with E-state index in [2.05, 4.69) is 17.2 Å². The Hall–Kier alpha value is -5.21. The first kappa shape index (κ1) is 45.9. The minimum atomic E-state index is -2.64. The summed E-state index contributed by atoms with van der Waals surface area (Å²) in [5.74, 6) is -5.19. The molecule has 0 spiro atoms. The molecule has 1 saturated heterocycles. The second kappa shape index (κ2) is 19.4. The SMILES string of the molecule is C/C=C(/C)C(=O)O[C@H]1C(C)=C2[C@H]([C@@H]1OC(=O)CCCCCCC)[C@@](C)(OC(C)=O)C[C@H](OC(=O)CCCc1ccc(N=Nc3ccccc3)cc1)[C@@]1(O)[C@H]2OC(=O)[C@@]1(C)O. The van der Waals surface area contributed by atoms with Gasteiger partial charge in [-0.05, 0) is 94.9 Å². The fraction of sp³-hybridized carbons (Fsp3) is 0.543. The Balaban J connectivity index is 1.44. The van der Waals surface area contributed by atoms with Crippen LogP contribution in [0.1, 0.15) is 112 Å². The number of benzene rings is 2. The summed E-state index contributed by atoms with van der Waals surface area (Å²) in [4.78, 5) is 66.9. The van der Waals surface area contributed by atoms with Crippen LogP contribution in [0.4, 0.5) is 11.4 Å². The number of hydrogen-bond acceptors (Lipinski definition) is 14. The number of hydrogen-bond donors (Lipinski definition) is 2. The standard InChI is InChI=1S/C46H58N2O12/c1-8-10-11-12-16-21-36(51)57-40-38-37(29(4)39(40)58-42(52)28(3)9-2)41-46(55,45(7,54)43(53)59-41)34(27-44(38,6)60-30(5)49)56-35(50)22-17-18-31-23-25-33(26-24-31)48-47-32-19-14-13-15-20-32/h9,13-15,19-20,23-26,34,38-41,54-55H,8,10-12,16-18,21-22,27H2,1-7H3/b28-9-,48-47?/t34-,38+,39-,40-,41-,44-,45+,46+/m0/s1. The van der Waals surface area contributed by atoms with Crippen molar-refractivity contribution in [2.24, 2.45) is 16.1 Å². The smallest absolute Gasteiger partial charge is 0.341 e. The van der Waals surface area contributed by atoms with E-state index < -0.39 is 83.4 Å². The number of unbranched alkanes of at least 4 members (excludes halogenated alkanes) is 4. The molecule has 0 radical (unpaired) electrons.